The van der Waals surface area contributed by atoms with E-state index in [0.717, 1.165) is 11.3 Å². The van der Waals surface area contributed by atoms with Gasteiger partial charge in [-0.1, -0.05) is 17.7 Å². The number of aryl methyl sites for hydroxylation is 1. The molecule has 0 radical (unpaired) electrons. The monoisotopic (exact) mass is 332 g/mol. The first kappa shape index (κ1) is 18.3. The number of hydrogen-bond donors (Lipinski definition) is 2. The fourth-order valence-corrected chi connectivity index (χ4v) is 2.61. The van der Waals surface area contributed by atoms with Gasteiger partial charge in [-0.3, -0.25) is 9.69 Å². The number of carbonyl (C=O) groups is 2. The zero-order valence-electron chi connectivity index (χ0n) is 15.1. The molecule has 2 rings (SSSR count). The van der Waals surface area contributed by atoms with E-state index in [1.54, 1.807) is 4.90 Å². The molecule has 0 saturated carbocycles. The molecule has 1 heterocycles. The number of rotatable bonds is 3. The van der Waals surface area contributed by atoms with E-state index in [9.17, 15) is 9.59 Å². The lowest BCUT2D eigenvalue weighted by molar-refractivity contribution is -0.123. The van der Waals surface area contributed by atoms with Crippen LogP contribution in [0.4, 0.5) is 10.5 Å². The Balaban J connectivity index is 1.76. The predicted molar refractivity (Wildman–Crippen MR) is 96.1 cm³/mol. The minimum Gasteiger partial charge on any atom is -0.350 e. The maximum absolute atomic E-state index is 12.3. The molecule has 0 aliphatic carbocycles. The Morgan fingerprint density at radius 2 is 1.62 bits per heavy atom. The van der Waals surface area contributed by atoms with E-state index in [-0.39, 0.29) is 17.5 Å². The van der Waals surface area contributed by atoms with Crippen LogP contribution >= 0.6 is 0 Å². The molecule has 2 N–H and O–H groups in total. The molecule has 1 aromatic rings. The molecule has 1 saturated heterocycles. The van der Waals surface area contributed by atoms with E-state index >= 15 is 0 Å². The van der Waals surface area contributed by atoms with Crippen molar-refractivity contribution < 1.29 is 9.59 Å². The lowest BCUT2D eigenvalue weighted by Gasteiger charge is -2.34. The molecule has 132 valence electrons. The van der Waals surface area contributed by atoms with Crippen molar-refractivity contribution in [3.63, 3.8) is 0 Å². The molecular weight excluding hydrogens is 304 g/mol. The molecule has 6 nitrogen and oxygen atoms in total. The first-order valence-electron chi connectivity index (χ1n) is 8.39. The average Bonchev–Trinajstić information content (AvgIpc) is 2.48. The SMILES string of the molecule is Cc1ccc(NC(=O)N2CCN(CC(=O)NC(C)(C)C)CC2)cc1. The van der Waals surface area contributed by atoms with E-state index in [0.29, 0.717) is 32.7 Å². The van der Waals surface area contributed by atoms with Gasteiger partial charge in [0.2, 0.25) is 5.91 Å². The van der Waals surface area contributed by atoms with Gasteiger partial charge >= 0.3 is 6.03 Å². The molecule has 0 aromatic heterocycles. The van der Waals surface area contributed by atoms with Gasteiger partial charge in [-0.15, -0.1) is 0 Å². The van der Waals surface area contributed by atoms with Gasteiger partial charge in [0.1, 0.15) is 0 Å². The standard InChI is InChI=1S/C18H28N4O2/c1-14-5-7-15(8-6-14)19-17(24)22-11-9-21(10-12-22)13-16(23)20-18(2,3)4/h5-8H,9-13H2,1-4H3,(H,19,24)(H,20,23). The molecule has 0 bridgehead atoms. The van der Waals surface area contributed by atoms with Crippen molar-refractivity contribution in [3.05, 3.63) is 29.8 Å². The molecule has 0 spiro atoms. The number of nitrogens with one attached hydrogen (secondary N) is 2. The van der Waals surface area contributed by atoms with Gasteiger partial charge in [0, 0.05) is 37.4 Å². The summed E-state index contributed by atoms with van der Waals surface area (Å²) >= 11 is 0. The summed E-state index contributed by atoms with van der Waals surface area (Å²) in [4.78, 5) is 28.1. The Morgan fingerprint density at radius 3 is 2.17 bits per heavy atom. The highest BCUT2D eigenvalue weighted by atomic mass is 16.2. The van der Waals surface area contributed by atoms with Crippen LogP contribution in [0.25, 0.3) is 0 Å². The highest BCUT2D eigenvalue weighted by Gasteiger charge is 2.23. The van der Waals surface area contributed by atoms with Crippen molar-refractivity contribution in [1.29, 1.82) is 0 Å². The summed E-state index contributed by atoms with van der Waals surface area (Å²) in [5.41, 5.74) is 1.75. The normalized spacial score (nSPS) is 15.9. The number of nitrogens with zero attached hydrogens (tertiary/aromatic N) is 2. The van der Waals surface area contributed by atoms with E-state index in [1.165, 1.54) is 0 Å². The van der Waals surface area contributed by atoms with Crippen LogP contribution in [0.2, 0.25) is 0 Å². The topological polar surface area (TPSA) is 64.7 Å². The van der Waals surface area contributed by atoms with Gasteiger partial charge in [-0.2, -0.15) is 0 Å². The Morgan fingerprint density at radius 1 is 1.04 bits per heavy atom. The van der Waals surface area contributed by atoms with E-state index < -0.39 is 0 Å². The maximum atomic E-state index is 12.3. The number of anilines is 1. The number of hydrogen-bond acceptors (Lipinski definition) is 3. The predicted octanol–water partition coefficient (Wildman–Crippen LogP) is 2.06. The molecule has 1 fully saturated rings. The largest absolute Gasteiger partial charge is 0.350 e. The average molecular weight is 332 g/mol. The summed E-state index contributed by atoms with van der Waals surface area (Å²) in [7, 11) is 0. The van der Waals surface area contributed by atoms with Gasteiger partial charge in [0.25, 0.3) is 0 Å². The highest BCUT2D eigenvalue weighted by molar-refractivity contribution is 5.89. The van der Waals surface area contributed by atoms with Crippen LogP contribution in [0.3, 0.4) is 0 Å². The fourth-order valence-electron chi connectivity index (χ4n) is 2.61. The van der Waals surface area contributed by atoms with E-state index in [2.05, 4.69) is 15.5 Å². The number of amides is 3. The van der Waals surface area contributed by atoms with Crippen LogP contribution in [0.5, 0.6) is 0 Å². The summed E-state index contributed by atoms with van der Waals surface area (Å²) in [5, 5.41) is 5.88. The van der Waals surface area contributed by atoms with Gasteiger partial charge in [-0.25, -0.2) is 4.79 Å². The lowest BCUT2D eigenvalue weighted by Crippen LogP contribution is -2.53. The van der Waals surface area contributed by atoms with E-state index in [4.69, 9.17) is 0 Å². The van der Waals surface area contributed by atoms with E-state index in [1.807, 2.05) is 52.0 Å². The Bertz CT molecular complexity index is 570. The van der Waals surface area contributed by atoms with Crippen molar-refractivity contribution in [2.24, 2.45) is 0 Å². The number of piperazine rings is 1. The molecule has 6 heteroatoms. The third-order valence-electron chi connectivity index (χ3n) is 3.84. The van der Waals surface area contributed by atoms with Crippen molar-refractivity contribution in [2.75, 3.05) is 38.0 Å². The molecule has 1 aliphatic heterocycles. The Kier molecular flexibility index (Phi) is 5.83. The summed E-state index contributed by atoms with van der Waals surface area (Å²) in [5.74, 6) is 0.0278. The quantitative estimate of drug-likeness (QED) is 0.890. The molecule has 1 aromatic carbocycles. The lowest BCUT2D eigenvalue weighted by atomic mass is 10.1. The smallest absolute Gasteiger partial charge is 0.321 e. The van der Waals surface area contributed by atoms with Crippen LogP contribution in [0, 0.1) is 6.92 Å². The first-order chi connectivity index (χ1) is 11.2. The number of carbonyl (C=O) groups excluding carboxylic acids is 2. The second kappa shape index (κ2) is 7.66. The van der Waals surface area contributed by atoms with Crippen LogP contribution in [-0.2, 0) is 4.79 Å². The van der Waals surface area contributed by atoms with Crippen LogP contribution in [0.15, 0.2) is 24.3 Å². The second-order valence-electron chi connectivity index (χ2n) is 7.36. The minimum absolute atomic E-state index is 0.0278. The van der Waals surface area contributed by atoms with Gasteiger partial charge in [-0.05, 0) is 39.8 Å². The zero-order chi connectivity index (χ0) is 17.7. The number of benzene rings is 1. The van der Waals surface area contributed by atoms with Gasteiger partial charge in [0.15, 0.2) is 0 Å². The maximum Gasteiger partial charge on any atom is 0.321 e. The van der Waals surface area contributed by atoms with Crippen LogP contribution in [-0.4, -0.2) is 60.0 Å². The molecule has 24 heavy (non-hydrogen) atoms. The second-order valence-corrected chi connectivity index (χ2v) is 7.36. The molecule has 1 aliphatic rings. The Hall–Kier alpha value is -2.08. The minimum atomic E-state index is -0.215. The molecule has 3 amide bonds. The van der Waals surface area contributed by atoms with Crippen LogP contribution < -0.4 is 10.6 Å². The summed E-state index contributed by atoms with van der Waals surface area (Å²) in [6, 6.07) is 7.67. The number of urea groups is 1. The molecular formula is C18H28N4O2. The van der Waals surface area contributed by atoms with Crippen molar-refractivity contribution in [3.8, 4) is 0 Å². The highest BCUT2D eigenvalue weighted by Crippen LogP contribution is 2.11. The fraction of sp³-hybridized carbons (Fsp3) is 0.556. The summed E-state index contributed by atoms with van der Waals surface area (Å²) in [6.45, 7) is 11.0. The molecule has 0 atom stereocenters. The zero-order valence-corrected chi connectivity index (χ0v) is 15.1. The Labute approximate surface area is 144 Å². The summed E-state index contributed by atoms with van der Waals surface area (Å²) in [6.07, 6.45) is 0. The molecule has 0 unspecified atom stereocenters. The summed E-state index contributed by atoms with van der Waals surface area (Å²) < 4.78 is 0. The first-order valence-corrected chi connectivity index (χ1v) is 8.39. The van der Waals surface area contributed by atoms with Crippen molar-refractivity contribution in [1.82, 2.24) is 15.1 Å². The van der Waals surface area contributed by atoms with Crippen LogP contribution in [0.1, 0.15) is 26.3 Å². The van der Waals surface area contributed by atoms with Crippen molar-refractivity contribution >= 4 is 17.6 Å². The van der Waals surface area contributed by atoms with Gasteiger partial charge in [0.05, 0.1) is 6.54 Å². The third kappa shape index (κ3) is 5.85. The van der Waals surface area contributed by atoms with Gasteiger partial charge < -0.3 is 15.5 Å². The van der Waals surface area contributed by atoms with Crippen molar-refractivity contribution in [2.45, 2.75) is 33.2 Å². The third-order valence-corrected chi connectivity index (χ3v) is 3.84.